The predicted octanol–water partition coefficient (Wildman–Crippen LogP) is 3.62. The van der Waals surface area contributed by atoms with Crippen LogP contribution in [0.4, 0.5) is 0 Å². The van der Waals surface area contributed by atoms with E-state index >= 15 is 0 Å². The summed E-state index contributed by atoms with van der Waals surface area (Å²) >= 11 is 0. The molecular formula is C13H12ClN. The Morgan fingerprint density at radius 2 is 2.00 bits per heavy atom. The molecule has 0 spiro atoms. The Labute approximate surface area is 95.3 Å². The van der Waals surface area contributed by atoms with Crippen molar-refractivity contribution >= 4 is 29.4 Å². The van der Waals surface area contributed by atoms with Crippen LogP contribution < -0.4 is 0 Å². The molecule has 0 atom stereocenters. The first-order valence-electron chi connectivity index (χ1n) is 4.99. The lowest BCUT2D eigenvalue weighted by Crippen LogP contribution is -1.97. The van der Waals surface area contributed by atoms with Crippen molar-refractivity contribution in [2.24, 2.45) is 0 Å². The number of hydrogen-bond donors (Lipinski definition) is 0. The highest BCUT2D eigenvalue weighted by atomic mass is 35.5. The highest BCUT2D eigenvalue weighted by Crippen LogP contribution is 2.22. The fourth-order valence-corrected chi connectivity index (χ4v) is 1.95. The maximum absolute atomic E-state index is 4.63. The van der Waals surface area contributed by atoms with Gasteiger partial charge in [0.2, 0.25) is 0 Å². The molecule has 0 bridgehead atoms. The average Bonchev–Trinajstić information content (AvgIpc) is 2.26. The smallest absolute Gasteiger partial charge is 0.0709 e. The molecule has 0 amide bonds. The molecule has 0 N–H and O–H groups in total. The summed E-state index contributed by atoms with van der Waals surface area (Å²) in [7, 11) is 0. The Balaban J connectivity index is 0.000000853. The van der Waals surface area contributed by atoms with Gasteiger partial charge in [-0.05, 0) is 36.6 Å². The zero-order chi connectivity index (χ0) is 9.38. The highest BCUT2D eigenvalue weighted by molar-refractivity contribution is 5.85. The normalized spacial score (nSPS) is 13.3. The average molecular weight is 218 g/mol. The summed E-state index contributed by atoms with van der Waals surface area (Å²) < 4.78 is 0. The Morgan fingerprint density at radius 3 is 2.93 bits per heavy atom. The molecule has 0 aliphatic heterocycles. The van der Waals surface area contributed by atoms with E-state index in [-0.39, 0.29) is 12.4 Å². The maximum atomic E-state index is 4.63. The molecule has 1 aliphatic carbocycles. The third kappa shape index (κ3) is 1.75. The Kier molecular flexibility index (Phi) is 2.74. The molecule has 2 heteroatoms. The number of fused-ring (bicyclic) bond motifs is 2. The van der Waals surface area contributed by atoms with Gasteiger partial charge in [0.15, 0.2) is 0 Å². The Morgan fingerprint density at radius 1 is 1.13 bits per heavy atom. The van der Waals surface area contributed by atoms with E-state index in [1.807, 2.05) is 6.07 Å². The van der Waals surface area contributed by atoms with Gasteiger partial charge in [-0.15, -0.1) is 12.4 Å². The van der Waals surface area contributed by atoms with Crippen LogP contribution >= 0.6 is 12.4 Å². The first-order valence-corrected chi connectivity index (χ1v) is 4.99. The summed E-state index contributed by atoms with van der Waals surface area (Å²) in [6.07, 6.45) is 6.60. The number of nitrogens with zero attached hydrogens (tertiary/aromatic N) is 1. The van der Waals surface area contributed by atoms with Gasteiger partial charge in [-0.25, -0.2) is 4.98 Å². The first-order chi connectivity index (χ1) is 6.93. The van der Waals surface area contributed by atoms with Crippen LogP contribution in [0.25, 0.3) is 17.0 Å². The second-order valence-electron chi connectivity index (χ2n) is 3.67. The van der Waals surface area contributed by atoms with Crippen molar-refractivity contribution in [3.8, 4) is 0 Å². The van der Waals surface area contributed by atoms with Crippen LogP contribution in [-0.4, -0.2) is 4.98 Å². The van der Waals surface area contributed by atoms with Gasteiger partial charge < -0.3 is 0 Å². The van der Waals surface area contributed by atoms with Gasteiger partial charge in [0.05, 0.1) is 11.2 Å². The Hall–Kier alpha value is -1.34. The molecule has 1 aliphatic rings. The molecule has 0 saturated heterocycles. The van der Waals surface area contributed by atoms with Gasteiger partial charge >= 0.3 is 0 Å². The molecular weight excluding hydrogens is 206 g/mol. The van der Waals surface area contributed by atoms with Gasteiger partial charge in [0.25, 0.3) is 0 Å². The van der Waals surface area contributed by atoms with Crippen molar-refractivity contribution in [2.45, 2.75) is 12.8 Å². The molecule has 15 heavy (non-hydrogen) atoms. The minimum atomic E-state index is 0. The quantitative estimate of drug-likeness (QED) is 0.657. The number of aryl methyl sites for hydroxylation is 1. The van der Waals surface area contributed by atoms with Gasteiger partial charge in [-0.1, -0.05) is 24.3 Å². The SMILES string of the molecule is C1=Cc2nc3ccccc3cc2CC1.Cl. The van der Waals surface area contributed by atoms with E-state index in [0.717, 1.165) is 24.1 Å². The number of pyridine rings is 1. The van der Waals surface area contributed by atoms with E-state index in [0.29, 0.717) is 0 Å². The fourth-order valence-electron chi connectivity index (χ4n) is 1.95. The zero-order valence-electron chi connectivity index (χ0n) is 8.31. The van der Waals surface area contributed by atoms with Gasteiger partial charge in [-0.3, -0.25) is 0 Å². The molecule has 2 aromatic rings. The minimum absolute atomic E-state index is 0. The van der Waals surface area contributed by atoms with Gasteiger partial charge in [0, 0.05) is 5.39 Å². The molecule has 0 fully saturated rings. The molecule has 0 saturated carbocycles. The summed E-state index contributed by atoms with van der Waals surface area (Å²) in [5.74, 6) is 0. The zero-order valence-corrected chi connectivity index (χ0v) is 9.13. The van der Waals surface area contributed by atoms with Gasteiger partial charge in [-0.2, -0.15) is 0 Å². The van der Waals surface area contributed by atoms with E-state index in [9.17, 15) is 0 Å². The maximum Gasteiger partial charge on any atom is 0.0709 e. The van der Waals surface area contributed by atoms with Crippen molar-refractivity contribution in [1.82, 2.24) is 4.98 Å². The number of hydrogen-bond acceptors (Lipinski definition) is 1. The molecule has 3 rings (SSSR count). The van der Waals surface area contributed by atoms with Crippen LogP contribution in [0.5, 0.6) is 0 Å². The summed E-state index contributed by atoms with van der Waals surface area (Å²) in [5, 5.41) is 1.25. The van der Waals surface area contributed by atoms with Crippen molar-refractivity contribution in [3.63, 3.8) is 0 Å². The third-order valence-corrected chi connectivity index (χ3v) is 2.69. The van der Waals surface area contributed by atoms with Gasteiger partial charge in [0.1, 0.15) is 0 Å². The van der Waals surface area contributed by atoms with Crippen LogP contribution in [0.15, 0.2) is 36.4 Å². The molecule has 1 aromatic carbocycles. The van der Waals surface area contributed by atoms with Crippen molar-refractivity contribution in [1.29, 1.82) is 0 Å². The molecule has 0 radical (unpaired) electrons. The minimum Gasteiger partial charge on any atom is -0.248 e. The highest BCUT2D eigenvalue weighted by Gasteiger charge is 2.06. The van der Waals surface area contributed by atoms with E-state index < -0.39 is 0 Å². The number of para-hydroxylation sites is 1. The first kappa shape index (κ1) is 10.2. The predicted molar refractivity (Wildman–Crippen MR) is 66.3 cm³/mol. The third-order valence-electron chi connectivity index (χ3n) is 2.69. The standard InChI is InChI=1S/C13H11N.ClH/c1-3-7-12-10(5-1)9-11-6-2-4-8-13(11)14-12;/h1,3-5,7-9H,2,6H2;1H. The second-order valence-corrected chi connectivity index (χ2v) is 3.67. The summed E-state index contributed by atoms with van der Waals surface area (Å²) in [4.78, 5) is 4.63. The van der Waals surface area contributed by atoms with Crippen LogP contribution in [0.2, 0.25) is 0 Å². The monoisotopic (exact) mass is 217 g/mol. The number of aromatic nitrogens is 1. The van der Waals surface area contributed by atoms with Crippen LogP contribution in [0.1, 0.15) is 17.7 Å². The van der Waals surface area contributed by atoms with E-state index in [4.69, 9.17) is 0 Å². The summed E-state index contributed by atoms with van der Waals surface area (Å²) in [5.41, 5.74) is 3.62. The van der Waals surface area contributed by atoms with E-state index in [1.165, 1.54) is 10.9 Å². The van der Waals surface area contributed by atoms with E-state index in [2.05, 4.69) is 41.4 Å². The molecule has 1 nitrogen and oxygen atoms in total. The summed E-state index contributed by atoms with van der Waals surface area (Å²) in [6.45, 7) is 0. The topological polar surface area (TPSA) is 12.9 Å². The number of rotatable bonds is 0. The fraction of sp³-hybridized carbons (Fsp3) is 0.154. The molecule has 1 heterocycles. The molecule has 76 valence electrons. The largest absolute Gasteiger partial charge is 0.248 e. The number of halogens is 1. The Bertz CT molecular complexity index is 517. The van der Waals surface area contributed by atoms with Crippen molar-refractivity contribution < 1.29 is 0 Å². The van der Waals surface area contributed by atoms with Crippen LogP contribution in [-0.2, 0) is 6.42 Å². The number of benzene rings is 1. The van der Waals surface area contributed by atoms with Crippen molar-refractivity contribution in [3.05, 3.63) is 47.7 Å². The lowest BCUT2D eigenvalue weighted by molar-refractivity contribution is 0.972. The summed E-state index contributed by atoms with van der Waals surface area (Å²) in [6, 6.07) is 10.6. The van der Waals surface area contributed by atoms with Crippen LogP contribution in [0, 0.1) is 0 Å². The molecule has 0 unspecified atom stereocenters. The second kappa shape index (κ2) is 4.03. The van der Waals surface area contributed by atoms with Crippen molar-refractivity contribution in [2.75, 3.05) is 0 Å². The van der Waals surface area contributed by atoms with Crippen LogP contribution in [0.3, 0.4) is 0 Å². The number of allylic oxidation sites excluding steroid dienone is 1. The lowest BCUT2D eigenvalue weighted by Gasteiger charge is -2.10. The lowest BCUT2D eigenvalue weighted by atomic mass is 10.0. The van der Waals surface area contributed by atoms with E-state index in [1.54, 1.807) is 0 Å². The molecule has 1 aromatic heterocycles.